The molecule has 0 bridgehead atoms. The molecular formula is C21H24N4O. The average molecular weight is 348 g/mol. The first kappa shape index (κ1) is 16.6. The lowest BCUT2D eigenvalue weighted by Crippen LogP contribution is -2.26. The van der Waals surface area contributed by atoms with Crippen molar-refractivity contribution >= 4 is 5.91 Å². The van der Waals surface area contributed by atoms with Gasteiger partial charge in [-0.3, -0.25) is 9.48 Å². The number of rotatable bonds is 5. The molecule has 1 atom stereocenters. The summed E-state index contributed by atoms with van der Waals surface area (Å²) in [5.41, 5.74) is 5.40. The number of H-pyrrole nitrogens is 1. The standard InChI is InChI=1S/C21H24N4O/c1-15(18-12-22-25(14-18)13-16-7-3-2-4-8-16)23-21(26)20-11-17-9-5-6-10-19(17)24-20/h2-4,7-8,11-12,14-15,24H,5-6,9-10,13H2,1H3,(H,23,26). The van der Waals surface area contributed by atoms with Crippen LogP contribution in [0.1, 0.15) is 58.7 Å². The van der Waals surface area contributed by atoms with Crippen molar-refractivity contribution in [1.82, 2.24) is 20.1 Å². The third-order valence-electron chi connectivity index (χ3n) is 5.05. The van der Waals surface area contributed by atoms with Gasteiger partial charge in [-0.05, 0) is 49.8 Å². The van der Waals surface area contributed by atoms with Gasteiger partial charge in [0.25, 0.3) is 5.91 Å². The zero-order valence-electron chi connectivity index (χ0n) is 15.0. The lowest BCUT2D eigenvalue weighted by Gasteiger charge is -2.11. The number of benzene rings is 1. The summed E-state index contributed by atoms with van der Waals surface area (Å²) in [6, 6.07) is 12.1. The third-order valence-corrected chi connectivity index (χ3v) is 5.05. The van der Waals surface area contributed by atoms with Crippen LogP contribution in [0.3, 0.4) is 0 Å². The topological polar surface area (TPSA) is 62.7 Å². The number of aryl methyl sites for hydroxylation is 2. The Hall–Kier alpha value is -2.82. The van der Waals surface area contributed by atoms with Crippen molar-refractivity contribution < 1.29 is 4.79 Å². The second-order valence-electron chi connectivity index (χ2n) is 7.05. The molecule has 1 aromatic carbocycles. The highest BCUT2D eigenvalue weighted by Crippen LogP contribution is 2.22. The molecule has 2 N–H and O–H groups in total. The second kappa shape index (κ2) is 7.20. The van der Waals surface area contributed by atoms with Crippen molar-refractivity contribution in [2.45, 2.75) is 45.2 Å². The predicted octanol–water partition coefficient (Wildman–Crippen LogP) is 3.63. The maximum absolute atomic E-state index is 12.6. The molecule has 5 heteroatoms. The van der Waals surface area contributed by atoms with E-state index in [0.717, 1.165) is 24.9 Å². The molecule has 1 aliphatic carbocycles. The van der Waals surface area contributed by atoms with E-state index in [1.165, 1.54) is 29.7 Å². The van der Waals surface area contributed by atoms with E-state index in [1.54, 1.807) is 0 Å². The van der Waals surface area contributed by atoms with Crippen molar-refractivity contribution in [2.24, 2.45) is 0 Å². The number of aromatic nitrogens is 3. The quantitative estimate of drug-likeness (QED) is 0.739. The van der Waals surface area contributed by atoms with Gasteiger partial charge in [-0.2, -0.15) is 5.10 Å². The molecule has 4 rings (SSSR count). The van der Waals surface area contributed by atoms with Crippen LogP contribution in [0.25, 0.3) is 0 Å². The summed E-state index contributed by atoms with van der Waals surface area (Å²) in [6.45, 7) is 2.72. The van der Waals surface area contributed by atoms with Crippen LogP contribution in [-0.4, -0.2) is 20.7 Å². The van der Waals surface area contributed by atoms with Crippen LogP contribution in [0.15, 0.2) is 48.8 Å². The molecule has 1 amide bonds. The minimum Gasteiger partial charge on any atom is -0.354 e. The summed E-state index contributed by atoms with van der Waals surface area (Å²) in [7, 11) is 0. The molecule has 5 nitrogen and oxygen atoms in total. The van der Waals surface area contributed by atoms with Crippen molar-refractivity contribution in [3.05, 3.63) is 76.9 Å². The Morgan fingerprint density at radius 3 is 2.88 bits per heavy atom. The molecule has 3 aromatic rings. The number of carbonyl (C=O) groups excluding carboxylic acids is 1. The van der Waals surface area contributed by atoms with E-state index in [1.807, 2.05) is 48.3 Å². The Labute approximate surface area is 153 Å². The van der Waals surface area contributed by atoms with Crippen LogP contribution < -0.4 is 5.32 Å². The fourth-order valence-corrected chi connectivity index (χ4v) is 3.54. The van der Waals surface area contributed by atoms with Crippen LogP contribution in [0.5, 0.6) is 0 Å². The van der Waals surface area contributed by atoms with E-state index in [-0.39, 0.29) is 11.9 Å². The van der Waals surface area contributed by atoms with Gasteiger partial charge in [-0.15, -0.1) is 0 Å². The molecule has 0 fully saturated rings. The van der Waals surface area contributed by atoms with E-state index in [4.69, 9.17) is 0 Å². The Bertz CT molecular complexity index is 870. The monoisotopic (exact) mass is 348 g/mol. The van der Waals surface area contributed by atoms with Crippen molar-refractivity contribution in [1.29, 1.82) is 0 Å². The van der Waals surface area contributed by atoms with Gasteiger partial charge in [0, 0.05) is 17.5 Å². The zero-order chi connectivity index (χ0) is 17.9. The smallest absolute Gasteiger partial charge is 0.268 e. The lowest BCUT2D eigenvalue weighted by atomic mass is 9.98. The normalized spacial score (nSPS) is 14.7. The highest BCUT2D eigenvalue weighted by atomic mass is 16.1. The first-order chi connectivity index (χ1) is 12.7. The molecule has 0 aliphatic heterocycles. The Morgan fingerprint density at radius 1 is 1.27 bits per heavy atom. The SMILES string of the molecule is CC(NC(=O)c1cc2c([nH]1)CCCC2)c1cnn(Cc2ccccc2)c1. The first-order valence-corrected chi connectivity index (χ1v) is 9.27. The summed E-state index contributed by atoms with van der Waals surface area (Å²) in [6.07, 6.45) is 8.35. The summed E-state index contributed by atoms with van der Waals surface area (Å²) in [4.78, 5) is 15.9. The van der Waals surface area contributed by atoms with Gasteiger partial charge in [0.15, 0.2) is 0 Å². The fourth-order valence-electron chi connectivity index (χ4n) is 3.54. The maximum Gasteiger partial charge on any atom is 0.268 e. The number of fused-ring (bicyclic) bond motifs is 1. The Kier molecular flexibility index (Phi) is 4.61. The lowest BCUT2D eigenvalue weighted by molar-refractivity contribution is 0.0935. The third kappa shape index (κ3) is 3.57. The van der Waals surface area contributed by atoms with Crippen LogP contribution in [0.2, 0.25) is 0 Å². The number of amides is 1. The molecule has 26 heavy (non-hydrogen) atoms. The fraction of sp³-hybridized carbons (Fsp3) is 0.333. The molecule has 0 saturated carbocycles. The van der Waals surface area contributed by atoms with Gasteiger partial charge >= 0.3 is 0 Å². The number of aromatic amines is 1. The van der Waals surface area contributed by atoms with Crippen LogP contribution in [0, 0.1) is 0 Å². The van der Waals surface area contributed by atoms with Gasteiger partial charge in [-0.1, -0.05) is 30.3 Å². The molecule has 0 radical (unpaired) electrons. The summed E-state index contributed by atoms with van der Waals surface area (Å²) < 4.78 is 1.90. The molecule has 1 aliphatic rings. The molecule has 2 heterocycles. The molecule has 1 unspecified atom stereocenters. The summed E-state index contributed by atoms with van der Waals surface area (Å²) in [5.74, 6) is -0.0530. The number of hydrogen-bond acceptors (Lipinski definition) is 2. The van der Waals surface area contributed by atoms with Gasteiger partial charge < -0.3 is 10.3 Å². The highest BCUT2D eigenvalue weighted by Gasteiger charge is 2.18. The first-order valence-electron chi connectivity index (χ1n) is 9.27. The zero-order valence-corrected chi connectivity index (χ0v) is 15.0. The molecule has 134 valence electrons. The van der Waals surface area contributed by atoms with E-state index in [0.29, 0.717) is 5.69 Å². The highest BCUT2D eigenvalue weighted by molar-refractivity contribution is 5.93. The van der Waals surface area contributed by atoms with E-state index < -0.39 is 0 Å². The van der Waals surface area contributed by atoms with E-state index in [9.17, 15) is 4.79 Å². The van der Waals surface area contributed by atoms with Crippen LogP contribution >= 0.6 is 0 Å². The van der Waals surface area contributed by atoms with Crippen LogP contribution in [0.4, 0.5) is 0 Å². The van der Waals surface area contributed by atoms with Crippen LogP contribution in [-0.2, 0) is 19.4 Å². The Morgan fingerprint density at radius 2 is 2.08 bits per heavy atom. The number of hydrogen-bond donors (Lipinski definition) is 2. The minimum atomic E-state index is -0.0904. The van der Waals surface area contributed by atoms with Gasteiger partial charge in [0.1, 0.15) is 5.69 Å². The van der Waals surface area contributed by atoms with Crippen molar-refractivity contribution in [2.75, 3.05) is 0 Å². The maximum atomic E-state index is 12.6. The summed E-state index contributed by atoms with van der Waals surface area (Å²) >= 11 is 0. The number of nitrogens with one attached hydrogen (secondary N) is 2. The number of carbonyl (C=O) groups is 1. The Balaban J connectivity index is 1.41. The average Bonchev–Trinajstić information content (AvgIpc) is 3.29. The van der Waals surface area contributed by atoms with Gasteiger partial charge in [0.2, 0.25) is 0 Å². The minimum absolute atomic E-state index is 0.0530. The van der Waals surface area contributed by atoms with E-state index >= 15 is 0 Å². The molecule has 2 aromatic heterocycles. The number of nitrogens with zero attached hydrogens (tertiary/aromatic N) is 2. The largest absolute Gasteiger partial charge is 0.354 e. The van der Waals surface area contributed by atoms with Gasteiger partial charge in [0.05, 0.1) is 18.8 Å². The van der Waals surface area contributed by atoms with Crippen molar-refractivity contribution in [3.63, 3.8) is 0 Å². The molecular weight excluding hydrogens is 324 g/mol. The summed E-state index contributed by atoms with van der Waals surface area (Å²) in [5, 5.41) is 7.50. The van der Waals surface area contributed by atoms with Crippen molar-refractivity contribution in [3.8, 4) is 0 Å². The van der Waals surface area contributed by atoms with Gasteiger partial charge in [-0.25, -0.2) is 0 Å². The van der Waals surface area contributed by atoms with E-state index in [2.05, 4.69) is 27.5 Å². The predicted molar refractivity (Wildman–Crippen MR) is 101 cm³/mol. The molecule has 0 saturated heterocycles. The molecule has 0 spiro atoms. The second-order valence-corrected chi connectivity index (χ2v) is 7.05.